The summed E-state index contributed by atoms with van der Waals surface area (Å²) in [5.41, 5.74) is 1.64. The summed E-state index contributed by atoms with van der Waals surface area (Å²) >= 11 is 0. The van der Waals surface area contributed by atoms with Gasteiger partial charge in [0.2, 0.25) is 0 Å². The van der Waals surface area contributed by atoms with Crippen LogP contribution in [-0.2, 0) is 4.79 Å². The second kappa shape index (κ2) is 8.24. The number of nitrogens with one attached hydrogen (secondary N) is 1. The van der Waals surface area contributed by atoms with Crippen LogP contribution < -0.4 is 5.32 Å². The highest BCUT2D eigenvalue weighted by Crippen LogP contribution is 2.14. The van der Waals surface area contributed by atoms with Gasteiger partial charge in [0.1, 0.15) is 5.70 Å². The summed E-state index contributed by atoms with van der Waals surface area (Å²) in [6, 6.07) is 12.5. The average molecular weight is 335 g/mol. The Hall–Kier alpha value is -2.95. The Morgan fingerprint density at radius 1 is 0.960 bits per heavy atom. The van der Waals surface area contributed by atoms with Gasteiger partial charge in [-0.2, -0.15) is 0 Å². The van der Waals surface area contributed by atoms with E-state index in [2.05, 4.69) is 10.3 Å². The van der Waals surface area contributed by atoms with E-state index < -0.39 is 0 Å². The first-order valence-corrected chi connectivity index (χ1v) is 8.51. The number of carbonyl (C=O) groups is 2. The lowest BCUT2D eigenvalue weighted by molar-refractivity contribution is -0.128. The zero-order valence-electron chi connectivity index (χ0n) is 14.0. The van der Waals surface area contributed by atoms with E-state index in [1.165, 1.54) is 0 Å². The highest BCUT2D eigenvalue weighted by Gasteiger charge is 2.22. The van der Waals surface area contributed by atoms with E-state index in [-0.39, 0.29) is 11.8 Å². The predicted octanol–water partition coefficient (Wildman–Crippen LogP) is 2.87. The van der Waals surface area contributed by atoms with E-state index in [0.717, 1.165) is 37.9 Å². The van der Waals surface area contributed by atoms with E-state index in [9.17, 15) is 9.59 Å². The number of piperidine rings is 1. The molecule has 0 radical (unpaired) electrons. The molecule has 0 bridgehead atoms. The minimum atomic E-state index is -0.286. The second-order valence-electron chi connectivity index (χ2n) is 6.01. The van der Waals surface area contributed by atoms with Crippen LogP contribution >= 0.6 is 0 Å². The molecule has 5 heteroatoms. The molecule has 128 valence electrons. The fourth-order valence-corrected chi connectivity index (χ4v) is 2.83. The van der Waals surface area contributed by atoms with Crippen LogP contribution in [0.3, 0.4) is 0 Å². The summed E-state index contributed by atoms with van der Waals surface area (Å²) in [5, 5.41) is 2.79. The fraction of sp³-hybridized carbons (Fsp3) is 0.250. The third kappa shape index (κ3) is 4.53. The Bertz CT molecular complexity index is 751. The molecule has 1 aliphatic heterocycles. The predicted molar refractivity (Wildman–Crippen MR) is 96.6 cm³/mol. The van der Waals surface area contributed by atoms with Crippen molar-refractivity contribution >= 4 is 17.9 Å². The van der Waals surface area contributed by atoms with Gasteiger partial charge in [-0.15, -0.1) is 0 Å². The highest BCUT2D eigenvalue weighted by molar-refractivity contribution is 6.05. The SMILES string of the molecule is O=C(N/C(=C\c1ccncc1)C(=O)N1CCCCC1)c1ccccc1. The van der Waals surface area contributed by atoms with E-state index in [1.54, 1.807) is 54.9 Å². The minimum Gasteiger partial charge on any atom is -0.337 e. The smallest absolute Gasteiger partial charge is 0.270 e. The van der Waals surface area contributed by atoms with Crippen LogP contribution in [0.5, 0.6) is 0 Å². The van der Waals surface area contributed by atoms with Crippen molar-refractivity contribution in [2.75, 3.05) is 13.1 Å². The first-order valence-electron chi connectivity index (χ1n) is 8.51. The lowest BCUT2D eigenvalue weighted by Crippen LogP contribution is -2.41. The Kier molecular flexibility index (Phi) is 5.57. The van der Waals surface area contributed by atoms with Crippen LogP contribution in [-0.4, -0.2) is 34.8 Å². The molecule has 1 aliphatic rings. The fourth-order valence-electron chi connectivity index (χ4n) is 2.83. The third-order valence-corrected chi connectivity index (χ3v) is 4.17. The van der Waals surface area contributed by atoms with E-state index in [0.29, 0.717) is 11.3 Å². The van der Waals surface area contributed by atoms with Crippen molar-refractivity contribution < 1.29 is 9.59 Å². The average Bonchev–Trinajstić information content (AvgIpc) is 2.69. The summed E-state index contributed by atoms with van der Waals surface area (Å²) in [6.07, 6.45) is 8.17. The summed E-state index contributed by atoms with van der Waals surface area (Å²) in [7, 11) is 0. The highest BCUT2D eigenvalue weighted by atomic mass is 16.2. The number of hydrogen-bond acceptors (Lipinski definition) is 3. The van der Waals surface area contributed by atoms with Gasteiger partial charge in [-0.1, -0.05) is 18.2 Å². The molecule has 0 spiro atoms. The Morgan fingerprint density at radius 3 is 2.32 bits per heavy atom. The topological polar surface area (TPSA) is 62.3 Å². The summed E-state index contributed by atoms with van der Waals surface area (Å²) in [5.74, 6) is -0.424. The van der Waals surface area contributed by atoms with Gasteiger partial charge in [0.15, 0.2) is 0 Å². The molecule has 1 aromatic heterocycles. The zero-order valence-corrected chi connectivity index (χ0v) is 14.0. The molecule has 25 heavy (non-hydrogen) atoms. The maximum atomic E-state index is 12.9. The number of rotatable bonds is 4. The van der Waals surface area contributed by atoms with Crippen molar-refractivity contribution in [1.82, 2.24) is 15.2 Å². The molecule has 0 unspecified atom stereocenters. The van der Waals surface area contributed by atoms with Crippen molar-refractivity contribution in [2.24, 2.45) is 0 Å². The van der Waals surface area contributed by atoms with Gasteiger partial charge < -0.3 is 10.2 Å². The van der Waals surface area contributed by atoms with E-state index >= 15 is 0 Å². The van der Waals surface area contributed by atoms with E-state index in [4.69, 9.17) is 0 Å². The molecule has 1 saturated heterocycles. The van der Waals surface area contributed by atoms with Crippen molar-refractivity contribution in [1.29, 1.82) is 0 Å². The molecule has 0 saturated carbocycles. The number of carbonyl (C=O) groups excluding carboxylic acids is 2. The van der Waals surface area contributed by atoms with Gasteiger partial charge in [-0.25, -0.2) is 0 Å². The van der Waals surface area contributed by atoms with Gasteiger partial charge in [-0.3, -0.25) is 14.6 Å². The molecule has 0 atom stereocenters. The van der Waals surface area contributed by atoms with Gasteiger partial charge in [0, 0.05) is 31.0 Å². The number of nitrogens with zero attached hydrogens (tertiary/aromatic N) is 2. The molecule has 2 amide bonds. The zero-order chi connectivity index (χ0) is 17.5. The van der Waals surface area contributed by atoms with Gasteiger partial charge in [0.25, 0.3) is 11.8 Å². The lowest BCUT2D eigenvalue weighted by Gasteiger charge is -2.27. The number of likely N-dealkylation sites (tertiary alicyclic amines) is 1. The molecule has 2 heterocycles. The first-order chi connectivity index (χ1) is 12.2. The maximum absolute atomic E-state index is 12.9. The van der Waals surface area contributed by atoms with Crippen LogP contribution in [0.15, 0.2) is 60.6 Å². The van der Waals surface area contributed by atoms with Crippen LogP contribution in [0, 0.1) is 0 Å². The molecule has 5 nitrogen and oxygen atoms in total. The number of pyridine rings is 1. The molecule has 1 fully saturated rings. The van der Waals surface area contributed by atoms with E-state index in [1.807, 2.05) is 11.0 Å². The van der Waals surface area contributed by atoms with Crippen molar-refractivity contribution in [3.63, 3.8) is 0 Å². The lowest BCUT2D eigenvalue weighted by atomic mass is 10.1. The summed E-state index contributed by atoms with van der Waals surface area (Å²) < 4.78 is 0. The molecule has 1 aromatic carbocycles. The third-order valence-electron chi connectivity index (χ3n) is 4.17. The van der Waals surface area contributed by atoms with Gasteiger partial charge >= 0.3 is 0 Å². The molecule has 3 rings (SSSR count). The van der Waals surface area contributed by atoms with Gasteiger partial charge in [-0.05, 0) is 55.2 Å². The summed E-state index contributed by atoms with van der Waals surface area (Å²) in [6.45, 7) is 1.46. The number of amides is 2. The Balaban J connectivity index is 1.85. The molecule has 1 N–H and O–H groups in total. The monoisotopic (exact) mass is 335 g/mol. The minimum absolute atomic E-state index is 0.138. The standard InChI is InChI=1S/C20H21N3O2/c24-19(17-7-3-1-4-8-17)22-18(15-16-9-11-21-12-10-16)20(25)23-13-5-2-6-14-23/h1,3-4,7-12,15H,2,5-6,13-14H2,(H,22,24)/b18-15-. The van der Waals surface area contributed by atoms with Crippen LogP contribution in [0.2, 0.25) is 0 Å². The Morgan fingerprint density at radius 2 is 1.64 bits per heavy atom. The maximum Gasteiger partial charge on any atom is 0.270 e. The summed E-state index contributed by atoms with van der Waals surface area (Å²) in [4.78, 5) is 31.2. The largest absolute Gasteiger partial charge is 0.337 e. The number of benzene rings is 1. The Labute approximate surface area is 147 Å². The number of hydrogen-bond donors (Lipinski definition) is 1. The molecule has 0 aliphatic carbocycles. The second-order valence-corrected chi connectivity index (χ2v) is 6.01. The van der Waals surface area contributed by atoms with Crippen LogP contribution in [0.1, 0.15) is 35.2 Å². The number of aromatic nitrogens is 1. The van der Waals surface area contributed by atoms with Gasteiger partial charge in [0.05, 0.1) is 0 Å². The molecular formula is C20H21N3O2. The normalized spacial score (nSPS) is 14.9. The van der Waals surface area contributed by atoms with Crippen molar-refractivity contribution in [2.45, 2.75) is 19.3 Å². The quantitative estimate of drug-likeness (QED) is 0.874. The van der Waals surface area contributed by atoms with Crippen LogP contribution in [0.4, 0.5) is 0 Å². The molecule has 2 aromatic rings. The van der Waals surface area contributed by atoms with Crippen LogP contribution in [0.25, 0.3) is 6.08 Å². The first kappa shape index (κ1) is 16.9. The van der Waals surface area contributed by atoms with Crippen molar-refractivity contribution in [3.05, 3.63) is 71.7 Å². The molecular weight excluding hydrogens is 314 g/mol. The van der Waals surface area contributed by atoms with Crippen molar-refractivity contribution in [3.8, 4) is 0 Å².